The molecule has 0 amide bonds. The minimum atomic E-state index is -1.04. The van der Waals surface area contributed by atoms with E-state index in [2.05, 4.69) is 15.4 Å². The summed E-state index contributed by atoms with van der Waals surface area (Å²) in [6.45, 7) is 0.282. The molecular weight excluding hydrogens is 505 g/mol. The first-order chi connectivity index (χ1) is 17.9. The number of aliphatic carboxylic acids is 1. The molecule has 2 aromatic carbocycles. The SMILES string of the molecule is COc1ccc(F)c([C@H]2O[C@H](CCn3nnc(CC(=O)O)n3)c3cccn3-c3ccc(Cl)cc32)c1OC. The monoisotopic (exact) mass is 527 g/mol. The van der Waals surface area contributed by atoms with Gasteiger partial charge in [0, 0.05) is 23.2 Å². The number of halogens is 2. The Hall–Kier alpha value is -3.96. The standard InChI is InChI=1S/C25H23ClFN5O5/c1-35-20-8-6-16(27)23(25(20)36-2)24-15-12-14(26)5-7-17(15)31-10-3-4-18(31)19(37-24)9-11-32-29-21(28-30-32)13-22(33)34/h3-8,10,12,19,24H,9,11,13H2,1-2H3,(H,33,34)/t19-,24+/m1/s1. The molecule has 0 saturated heterocycles. The van der Waals surface area contributed by atoms with Gasteiger partial charge in [0.2, 0.25) is 0 Å². The number of benzene rings is 2. The highest BCUT2D eigenvalue weighted by molar-refractivity contribution is 6.30. The zero-order valence-electron chi connectivity index (χ0n) is 20.0. The van der Waals surface area contributed by atoms with Gasteiger partial charge in [0.25, 0.3) is 0 Å². The van der Waals surface area contributed by atoms with Crippen molar-refractivity contribution in [1.29, 1.82) is 0 Å². The molecule has 5 rings (SSSR count). The molecule has 0 fully saturated rings. The number of methoxy groups -OCH3 is 2. The molecule has 1 N–H and O–H groups in total. The van der Waals surface area contributed by atoms with Gasteiger partial charge in [0.05, 0.1) is 37.7 Å². The Morgan fingerprint density at radius 2 is 2.05 bits per heavy atom. The van der Waals surface area contributed by atoms with Crippen molar-refractivity contribution in [3.63, 3.8) is 0 Å². The van der Waals surface area contributed by atoms with Crippen molar-refractivity contribution in [2.45, 2.75) is 31.6 Å². The van der Waals surface area contributed by atoms with Crippen molar-refractivity contribution in [3.8, 4) is 17.2 Å². The number of carboxylic acid groups (broad SMARTS) is 1. The molecule has 2 atom stereocenters. The number of carbonyl (C=O) groups is 1. The van der Waals surface area contributed by atoms with E-state index in [4.69, 9.17) is 30.9 Å². The molecule has 2 aromatic heterocycles. The molecule has 0 aliphatic carbocycles. The molecule has 0 bridgehead atoms. The maximum atomic E-state index is 15.5. The number of tetrazole rings is 1. The van der Waals surface area contributed by atoms with Crippen LogP contribution in [0.3, 0.4) is 0 Å². The normalized spacial score (nSPS) is 16.5. The number of aryl methyl sites for hydroxylation is 1. The predicted molar refractivity (Wildman–Crippen MR) is 130 cm³/mol. The molecule has 192 valence electrons. The molecule has 0 saturated carbocycles. The van der Waals surface area contributed by atoms with Gasteiger partial charge in [-0.2, -0.15) is 4.80 Å². The minimum Gasteiger partial charge on any atom is -0.493 e. The molecule has 1 aliphatic rings. The van der Waals surface area contributed by atoms with Gasteiger partial charge in [0.1, 0.15) is 24.4 Å². The first-order valence-corrected chi connectivity index (χ1v) is 11.8. The number of aromatic nitrogens is 5. The van der Waals surface area contributed by atoms with Crippen molar-refractivity contribution >= 4 is 17.6 Å². The number of rotatable bonds is 8. The molecule has 37 heavy (non-hydrogen) atoms. The fraction of sp³-hybridized carbons (Fsp3) is 0.280. The topological polar surface area (TPSA) is 114 Å². The molecule has 4 aromatic rings. The summed E-state index contributed by atoms with van der Waals surface area (Å²) in [5.41, 5.74) is 2.45. The highest BCUT2D eigenvalue weighted by Crippen LogP contribution is 2.47. The lowest BCUT2D eigenvalue weighted by Crippen LogP contribution is -2.16. The number of hydrogen-bond acceptors (Lipinski definition) is 7. The van der Waals surface area contributed by atoms with Crippen LogP contribution >= 0.6 is 11.6 Å². The summed E-state index contributed by atoms with van der Waals surface area (Å²) >= 11 is 6.39. The second kappa shape index (κ2) is 10.2. The van der Waals surface area contributed by atoms with Gasteiger partial charge >= 0.3 is 5.97 Å². The van der Waals surface area contributed by atoms with Crippen molar-refractivity contribution in [1.82, 2.24) is 24.8 Å². The zero-order chi connectivity index (χ0) is 26.1. The van der Waals surface area contributed by atoms with E-state index in [9.17, 15) is 4.79 Å². The molecule has 1 aliphatic heterocycles. The van der Waals surface area contributed by atoms with Crippen molar-refractivity contribution in [2.75, 3.05) is 14.2 Å². The highest BCUT2D eigenvalue weighted by Gasteiger charge is 2.35. The number of carboxylic acids is 1. The number of fused-ring (bicyclic) bond motifs is 3. The third-order valence-electron chi connectivity index (χ3n) is 6.13. The second-order valence-electron chi connectivity index (χ2n) is 8.37. The van der Waals surface area contributed by atoms with Gasteiger partial charge < -0.3 is 23.9 Å². The molecule has 0 spiro atoms. The Morgan fingerprint density at radius 1 is 1.22 bits per heavy atom. The van der Waals surface area contributed by atoms with Crippen LogP contribution in [0.2, 0.25) is 5.02 Å². The van der Waals surface area contributed by atoms with E-state index >= 15 is 4.39 Å². The summed E-state index contributed by atoms with van der Waals surface area (Å²) in [7, 11) is 2.93. The number of hydrogen-bond donors (Lipinski definition) is 1. The van der Waals surface area contributed by atoms with E-state index in [1.165, 1.54) is 31.1 Å². The average Bonchev–Trinajstić information content (AvgIpc) is 3.51. The molecule has 0 unspecified atom stereocenters. The Labute approximate surface area is 216 Å². The van der Waals surface area contributed by atoms with Gasteiger partial charge in [-0.05, 0) is 47.7 Å². The van der Waals surface area contributed by atoms with Crippen LogP contribution in [0.1, 0.15) is 41.3 Å². The lowest BCUT2D eigenvalue weighted by atomic mass is 9.97. The Bertz CT molecular complexity index is 1460. The van der Waals surface area contributed by atoms with E-state index < -0.39 is 24.0 Å². The zero-order valence-corrected chi connectivity index (χ0v) is 20.7. The van der Waals surface area contributed by atoms with Gasteiger partial charge in [-0.3, -0.25) is 4.79 Å². The van der Waals surface area contributed by atoms with E-state index in [0.717, 1.165) is 11.4 Å². The van der Waals surface area contributed by atoms with Crippen LogP contribution in [-0.4, -0.2) is 50.1 Å². The molecular formula is C25H23ClFN5O5. The first-order valence-electron chi connectivity index (χ1n) is 11.4. The highest BCUT2D eigenvalue weighted by atomic mass is 35.5. The smallest absolute Gasteiger partial charge is 0.311 e. The lowest BCUT2D eigenvalue weighted by molar-refractivity contribution is -0.136. The Balaban J connectivity index is 1.58. The molecule has 10 nitrogen and oxygen atoms in total. The number of nitrogens with zero attached hydrogens (tertiary/aromatic N) is 5. The van der Waals surface area contributed by atoms with Crippen LogP contribution in [-0.2, 0) is 22.5 Å². The van der Waals surface area contributed by atoms with Crippen LogP contribution in [0.4, 0.5) is 4.39 Å². The van der Waals surface area contributed by atoms with Gasteiger partial charge in [-0.25, -0.2) is 4.39 Å². The van der Waals surface area contributed by atoms with Gasteiger partial charge in [0.15, 0.2) is 17.3 Å². The van der Waals surface area contributed by atoms with Crippen molar-refractivity contribution < 1.29 is 28.5 Å². The average molecular weight is 528 g/mol. The second-order valence-corrected chi connectivity index (χ2v) is 8.80. The van der Waals surface area contributed by atoms with Crippen LogP contribution in [0, 0.1) is 5.82 Å². The lowest BCUT2D eigenvalue weighted by Gasteiger charge is -2.25. The van der Waals surface area contributed by atoms with E-state index in [1.807, 2.05) is 29.0 Å². The maximum Gasteiger partial charge on any atom is 0.311 e. The van der Waals surface area contributed by atoms with Crippen LogP contribution < -0.4 is 9.47 Å². The van der Waals surface area contributed by atoms with Crippen molar-refractivity contribution in [3.05, 3.63) is 82.1 Å². The Kier molecular flexibility index (Phi) is 6.81. The fourth-order valence-corrected chi connectivity index (χ4v) is 4.74. The first kappa shape index (κ1) is 24.7. The van der Waals surface area contributed by atoms with Crippen LogP contribution in [0.5, 0.6) is 11.5 Å². The molecule has 0 radical (unpaired) electrons. The third kappa shape index (κ3) is 4.75. The van der Waals surface area contributed by atoms with Crippen LogP contribution in [0.15, 0.2) is 48.7 Å². The summed E-state index contributed by atoms with van der Waals surface area (Å²) < 4.78 is 35.1. The number of ether oxygens (including phenoxy) is 3. The largest absolute Gasteiger partial charge is 0.493 e. The van der Waals surface area contributed by atoms with Crippen molar-refractivity contribution in [2.24, 2.45) is 0 Å². The minimum absolute atomic E-state index is 0.112. The summed E-state index contributed by atoms with van der Waals surface area (Å²) in [5, 5.41) is 21.3. The molecule has 3 heterocycles. The van der Waals surface area contributed by atoms with Crippen LogP contribution in [0.25, 0.3) is 5.69 Å². The third-order valence-corrected chi connectivity index (χ3v) is 6.37. The predicted octanol–water partition coefficient (Wildman–Crippen LogP) is 4.15. The Morgan fingerprint density at radius 3 is 2.81 bits per heavy atom. The molecule has 12 heteroatoms. The van der Waals surface area contributed by atoms with Gasteiger partial charge in [-0.15, -0.1) is 10.2 Å². The maximum absolute atomic E-state index is 15.5. The summed E-state index contributed by atoms with van der Waals surface area (Å²) in [6.07, 6.45) is 0.540. The summed E-state index contributed by atoms with van der Waals surface area (Å²) in [5.74, 6) is -0.863. The van der Waals surface area contributed by atoms with Gasteiger partial charge in [-0.1, -0.05) is 11.6 Å². The fourth-order valence-electron chi connectivity index (χ4n) is 4.56. The van der Waals surface area contributed by atoms with E-state index in [1.54, 1.807) is 12.1 Å². The van der Waals surface area contributed by atoms with E-state index in [-0.39, 0.29) is 30.1 Å². The summed E-state index contributed by atoms with van der Waals surface area (Å²) in [4.78, 5) is 12.3. The quantitative estimate of drug-likeness (QED) is 0.363. The van der Waals surface area contributed by atoms with E-state index in [0.29, 0.717) is 22.8 Å². The summed E-state index contributed by atoms with van der Waals surface area (Å²) in [6, 6.07) is 12.0.